The van der Waals surface area contributed by atoms with Gasteiger partial charge in [-0.1, -0.05) is 23.2 Å². The van der Waals surface area contributed by atoms with Crippen molar-refractivity contribution in [2.75, 3.05) is 11.1 Å². The molecule has 100 valence electrons. The van der Waals surface area contributed by atoms with Crippen LogP contribution in [0.3, 0.4) is 0 Å². The van der Waals surface area contributed by atoms with Gasteiger partial charge in [0.15, 0.2) is 17.5 Å². The van der Waals surface area contributed by atoms with Crippen molar-refractivity contribution in [3.63, 3.8) is 0 Å². The van der Waals surface area contributed by atoms with E-state index in [1.54, 1.807) is 0 Å². The standard InChI is InChI=1S/C12H7Cl2F3N2/c13-7-1-5(18)2-8(14)12(7)19-6-3-9(15)11(17)10(16)4-6/h1-4,19H,18H2. The second-order valence-corrected chi connectivity index (χ2v) is 4.55. The molecule has 0 aliphatic heterocycles. The summed E-state index contributed by atoms with van der Waals surface area (Å²) in [5, 5.41) is 2.96. The first kappa shape index (κ1) is 13.8. The lowest BCUT2D eigenvalue weighted by Crippen LogP contribution is -1.98. The molecule has 0 aliphatic carbocycles. The highest BCUT2D eigenvalue weighted by atomic mass is 35.5. The predicted molar refractivity (Wildman–Crippen MR) is 70.5 cm³/mol. The van der Waals surface area contributed by atoms with Gasteiger partial charge in [0.1, 0.15) is 0 Å². The van der Waals surface area contributed by atoms with Crippen LogP contribution in [0.15, 0.2) is 24.3 Å². The van der Waals surface area contributed by atoms with E-state index in [1.165, 1.54) is 12.1 Å². The lowest BCUT2D eigenvalue weighted by atomic mass is 10.2. The third kappa shape index (κ3) is 2.88. The Morgan fingerprint density at radius 3 is 1.84 bits per heavy atom. The highest BCUT2D eigenvalue weighted by Gasteiger charge is 2.13. The SMILES string of the molecule is Nc1cc(Cl)c(Nc2cc(F)c(F)c(F)c2)c(Cl)c1. The molecule has 0 radical (unpaired) electrons. The lowest BCUT2D eigenvalue weighted by molar-refractivity contribution is 0.448. The van der Waals surface area contributed by atoms with Gasteiger partial charge in [0, 0.05) is 23.5 Å². The second kappa shape index (κ2) is 5.19. The molecule has 2 aromatic carbocycles. The number of benzene rings is 2. The summed E-state index contributed by atoms with van der Waals surface area (Å²) < 4.78 is 38.9. The summed E-state index contributed by atoms with van der Waals surface area (Å²) in [6.07, 6.45) is 0. The average molecular weight is 307 g/mol. The van der Waals surface area contributed by atoms with Crippen LogP contribution < -0.4 is 11.1 Å². The number of nitrogens with two attached hydrogens (primary N) is 1. The first-order chi connectivity index (χ1) is 8.88. The molecular formula is C12H7Cl2F3N2. The molecule has 0 heterocycles. The monoisotopic (exact) mass is 306 g/mol. The Hall–Kier alpha value is -1.59. The molecule has 0 saturated carbocycles. The topological polar surface area (TPSA) is 38.0 Å². The minimum absolute atomic E-state index is 0.0232. The van der Waals surface area contributed by atoms with Gasteiger partial charge in [0.05, 0.1) is 15.7 Å². The summed E-state index contributed by atoms with van der Waals surface area (Å²) in [4.78, 5) is 0. The average Bonchev–Trinajstić information content (AvgIpc) is 2.30. The van der Waals surface area contributed by atoms with Crippen LogP contribution in [0.2, 0.25) is 10.0 Å². The van der Waals surface area contributed by atoms with E-state index in [1.807, 2.05) is 0 Å². The van der Waals surface area contributed by atoms with E-state index in [9.17, 15) is 13.2 Å². The minimum Gasteiger partial charge on any atom is -0.399 e. The Morgan fingerprint density at radius 2 is 1.37 bits per heavy atom. The van der Waals surface area contributed by atoms with Crippen molar-refractivity contribution < 1.29 is 13.2 Å². The van der Waals surface area contributed by atoms with E-state index in [0.29, 0.717) is 5.69 Å². The van der Waals surface area contributed by atoms with Crippen LogP contribution in [0.4, 0.5) is 30.2 Å². The molecule has 2 nitrogen and oxygen atoms in total. The summed E-state index contributed by atoms with van der Waals surface area (Å²) >= 11 is 11.8. The molecular weight excluding hydrogens is 300 g/mol. The zero-order valence-electron chi connectivity index (χ0n) is 9.28. The van der Waals surface area contributed by atoms with Crippen molar-refractivity contribution in [1.29, 1.82) is 0 Å². The van der Waals surface area contributed by atoms with Crippen molar-refractivity contribution in [2.45, 2.75) is 0 Å². The number of anilines is 3. The van der Waals surface area contributed by atoms with E-state index >= 15 is 0 Å². The van der Waals surface area contributed by atoms with Gasteiger partial charge in [-0.3, -0.25) is 0 Å². The molecule has 0 fully saturated rings. The third-order valence-corrected chi connectivity index (χ3v) is 2.91. The van der Waals surface area contributed by atoms with Gasteiger partial charge in [-0.05, 0) is 12.1 Å². The molecule has 0 aromatic heterocycles. The summed E-state index contributed by atoms with van der Waals surface area (Å²) in [5.41, 5.74) is 6.07. The molecule has 3 N–H and O–H groups in total. The van der Waals surface area contributed by atoms with Crippen LogP contribution in [0.25, 0.3) is 0 Å². The Bertz CT molecular complexity index is 601. The maximum Gasteiger partial charge on any atom is 0.194 e. The molecule has 0 amide bonds. The molecule has 0 saturated heterocycles. The normalized spacial score (nSPS) is 10.6. The number of nitrogen functional groups attached to an aromatic ring is 1. The van der Waals surface area contributed by atoms with E-state index in [0.717, 1.165) is 12.1 Å². The Labute approximate surface area is 116 Å². The van der Waals surface area contributed by atoms with Crippen molar-refractivity contribution >= 4 is 40.3 Å². The number of halogens is 5. The molecule has 0 atom stereocenters. The van der Waals surface area contributed by atoms with E-state index in [2.05, 4.69) is 5.32 Å². The van der Waals surface area contributed by atoms with Gasteiger partial charge in [-0.15, -0.1) is 0 Å². The third-order valence-electron chi connectivity index (χ3n) is 2.32. The Kier molecular flexibility index (Phi) is 3.78. The second-order valence-electron chi connectivity index (χ2n) is 3.74. The fraction of sp³-hybridized carbons (Fsp3) is 0. The first-order valence-corrected chi connectivity index (χ1v) is 5.80. The van der Waals surface area contributed by atoms with Crippen LogP contribution in [-0.2, 0) is 0 Å². The lowest BCUT2D eigenvalue weighted by Gasteiger charge is -2.11. The summed E-state index contributed by atoms with van der Waals surface area (Å²) in [5.74, 6) is -4.17. The summed E-state index contributed by atoms with van der Waals surface area (Å²) in [6, 6.07) is 4.43. The van der Waals surface area contributed by atoms with Crippen molar-refractivity contribution in [1.82, 2.24) is 0 Å². The van der Waals surface area contributed by atoms with Gasteiger partial charge in [-0.25, -0.2) is 13.2 Å². The van der Waals surface area contributed by atoms with Crippen LogP contribution >= 0.6 is 23.2 Å². The van der Waals surface area contributed by atoms with Crippen LogP contribution in [0, 0.1) is 17.5 Å². The molecule has 19 heavy (non-hydrogen) atoms. The molecule has 0 aliphatic rings. The van der Waals surface area contributed by atoms with Crippen molar-refractivity contribution in [3.8, 4) is 0 Å². The first-order valence-electron chi connectivity index (χ1n) is 5.04. The van der Waals surface area contributed by atoms with Crippen molar-refractivity contribution in [2.24, 2.45) is 0 Å². The molecule has 2 aromatic rings. The van der Waals surface area contributed by atoms with Gasteiger partial charge in [0.2, 0.25) is 0 Å². The number of hydrogen-bond acceptors (Lipinski definition) is 2. The zero-order valence-corrected chi connectivity index (χ0v) is 10.8. The van der Waals surface area contributed by atoms with Gasteiger partial charge >= 0.3 is 0 Å². The Balaban J connectivity index is 2.42. The van der Waals surface area contributed by atoms with E-state index < -0.39 is 17.5 Å². The van der Waals surface area contributed by atoms with Crippen molar-refractivity contribution in [3.05, 3.63) is 51.8 Å². The predicted octanol–water partition coefficient (Wildman–Crippen LogP) is 4.74. The number of nitrogens with one attached hydrogen (secondary N) is 1. The van der Waals surface area contributed by atoms with E-state index in [-0.39, 0.29) is 21.4 Å². The number of hydrogen-bond donors (Lipinski definition) is 2. The van der Waals surface area contributed by atoms with Crippen LogP contribution in [-0.4, -0.2) is 0 Å². The summed E-state index contributed by atoms with van der Waals surface area (Å²) in [7, 11) is 0. The molecule has 7 heteroatoms. The van der Waals surface area contributed by atoms with Gasteiger partial charge < -0.3 is 11.1 Å². The van der Waals surface area contributed by atoms with Gasteiger partial charge in [0.25, 0.3) is 0 Å². The molecule has 0 bridgehead atoms. The molecule has 2 rings (SSSR count). The highest BCUT2D eigenvalue weighted by Crippen LogP contribution is 2.35. The summed E-state index contributed by atoms with van der Waals surface area (Å²) in [6.45, 7) is 0. The van der Waals surface area contributed by atoms with Crippen LogP contribution in [0.5, 0.6) is 0 Å². The quantitative estimate of drug-likeness (QED) is 0.621. The van der Waals surface area contributed by atoms with Gasteiger partial charge in [-0.2, -0.15) is 0 Å². The minimum atomic E-state index is -1.54. The largest absolute Gasteiger partial charge is 0.399 e. The maximum absolute atomic E-state index is 13.1. The van der Waals surface area contributed by atoms with E-state index in [4.69, 9.17) is 28.9 Å². The Morgan fingerprint density at radius 1 is 0.895 bits per heavy atom. The highest BCUT2D eigenvalue weighted by molar-refractivity contribution is 6.39. The molecule has 0 spiro atoms. The molecule has 0 unspecified atom stereocenters. The fourth-order valence-corrected chi connectivity index (χ4v) is 2.08. The maximum atomic E-state index is 13.1. The number of rotatable bonds is 2. The zero-order chi connectivity index (χ0) is 14.2. The van der Waals surface area contributed by atoms with Crippen LogP contribution in [0.1, 0.15) is 0 Å². The fourth-order valence-electron chi connectivity index (χ4n) is 1.48. The smallest absolute Gasteiger partial charge is 0.194 e.